The summed E-state index contributed by atoms with van der Waals surface area (Å²) in [5.74, 6) is -1.06. The maximum atomic E-state index is 14.0. The molecule has 3 aromatic carbocycles. The minimum Gasteiger partial charge on any atom is -0.508 e. The topological polar surface area (TPSA) is 89.9 Å². The van der Waals surface area contributed by atoms with Gasteiger partial charge in [0, 0.05) is 22.2 Å². The third kappa shape index (κ3) is 5.13. The lowest BCUT2D eigenvalue weighted by atomic mass is 9.76. The highest BCUT2D eigenvalue weighted by Crippen LogP contribution is 2.47. The van der Waals surface area contributed by atoms with Gasteiger partial charge in [-0.2, -0.15) is 0 Å². The van der Waals surface area contributed by atoms with E-state index >= 15 is 0 Å². The van der Waals surface area contributed by atoms with E-state index < -0.39 is 24.1 Å². The second-order valence-electron chi connectivity index (χ2n) is 9.98. The number of carbonyl (C=O) groups is 2. The number of hydrogen-bond donors (Lipinski definition) is 3. The third-order valence-corrected chi connectivity index (χ3v) is 8.24. The van der Waals surface area contributed by atoms with Crippen molar-refractivity contribution in [2.75, 3.05) is 6.54 Å². The number of para-hydroxylation sites is 1. The van der Waals surface area contributed by atoms with Crippen LogP contribution in [-0.4, -0.2) is 45.6 Å². The number of aromatic hydroxyl groups is 1. The quantitative estimate of drug-likeness (QED) is 0.369. The lowest BCUT2D eigenvalue weighted by molar-refractivity contribution is -0.125. The number of phenols is 1. The van der Waals surface area contributed by atoms with E-state index in [-0.39, 0.29) is 17.6 Å². The van der Waals surface area contributed by atoms with Crippen LogP contribution in [0.4, 0.5) is 0 Å². The van der Waals surface area contributed by atoms with Crippen LogP contribution in [0.15, 0.2) is 66.7 Å². The van der Waals surface area contributed by atoms with Gasteiger partial charge in [0.2, 0.25) is 5.91 Å². The predicted molar refractivity (Wildman–Crippen MR) is 148 cm³/mol. The molecule has 0 spiro atoms. The number of halogens is 2. The third-order valence-electron chi connectivity index (χ3n) is 7.68. The molecule has 3 aromatic rings. The number of hydrogen-bond acceptors (Lipinski definition) is 4. The minimum atomic E-state index is -0.763. The zero-order valence-electron chi connectivity index (χ0n) is 20.8. The number of aliphatic hydroxyl groups excluding tert-OH is 1. The molecule has 1 aliphatic heterocycles. The van der Waals surface area contributed by atoms with Crippen LogP contribution in [0.1, 0.15) is 64.7 Å². The minimum absolute atomic E-state index is 0.179. The van der Waals surface area contributed by atoms with Gasteiger partial charge in [0.15, 0.2) is 0 Å². The van der Waals surface area contributed by atoms with Gasteiger partial charge in [0.25, 0.3) is 5.91 Å². The summed E-state index contributed by atoms with van der Waals surface area (Å²) in [6.45, 7) is 0.302. The molecular formula is C30H30Cl2N2O4. The van der Waals surface area contributed by atoms with Gasteiger partial charge in [-0.05, 0) is 60.2 Å². The lowest BCUT2D eigenvalue weighted by Gasteiger charge is -2.48. The number of phenolic OH excluding ortho intramolecular Hbond substituents is 1. The predicted octanol–water partition coefficient (Wildman–Crippen LogP) is 5.64. The van der Waals surface area contributed by atoms with Gasteiger partial charge >= 0.3 is 0 Å². The molecule has 0 saturated heterocycles. The van der Waals surface area contributed by atoms with E-state index in [0.29, 0.717) is 52.5 Å². The zero-order chi connectivity index (χ0) is 26.8. The summed E-state index contributed by atoms with van der Waals surface area (Å²) >= 11 is 12.9. The zero-order valence-corrected chi connectivity index (χ0v) is 22.3. The Hall–Kier alpha value is -3.06. The van der Waals surface area contributed by atoms with E-state index in [1.165, 1.54) is 0 Å². The fraction of sp³-hybridized carbons (Fsp3) is 0.333. The first-order valence-electron chi connectivity index (χ1n) is 13.0. The first-order valence-corrected chi connectivity index (χ1v) is 13.7. The molecule has 1 heterocycles. The van der Waals surface area contributed by atoms with Crippen LogP contribution in [0.3, 0.4) is 0 Å². The number of aliphatic hydroxyl groups is 1. The molecule has 0 bridgehead atoms. The van der Waals surface area contributed by atoms with E-state index in [0.717, 1.165) is 18.4 Å². The van der Waals surface area contributed by atoms with E-state index in [1.54, 1.807) is 47.4 Å². The smallest absolute Gasteiger partial charge is 0.255 e. The van der Waals surface area contributed by atoms with Gasteiger partial charge in [0.1, 0.15) is 5.75 Å². The largest absolute Gasteiger partial charge is 0.508 e. The molecule has 38 heavy (non-hydrogen) atoms. The molecular weight excluding hydrogens is 523 g/mol. The van der Waals surface area contributed by atoms with Crippen LogP contribution in [0.2, 0.25) is 10.0 Å². The molecule has 198 valence electrons. The molecule has 1 aliphatic carbocycles. The molecule has 1 fully saturated rings. The summed E-state index contributed by atoms with van der Waals surface area (Å²) in [5, 5.41) is 25.0. The molecule has 4 atom stereocenters. The summed E-state index contributed by atoms with van der Waals surface area (Å²) in [6, 6.07) is 18.1. The average Bonchev–Trinajstić information content (AvgIpc) is 2.90. The van der Waals surface area contributed by atoms with Gasteiger partial charge < -0.3 is 20.4 Å². The van der Waals surface area contributed by atoms with Crippen LogP contribution >= 0.6 is 23.2 Å². The molecule has 5 rings (SSSR count). The van der Waals surface area contributed by atoms with E-state index in [4.69, 9.17) is 23.2 Å². The number of nitrogens with zero attached hydrogens (tertiary/aromatic N) is 1. The second-order valence-corrected chi connectivity index (χ2v) is 10.8. The van der Waals surface area contributed by atoms with Crippen molar-refractivity contribution in [3.05, 3.63) is 99.0 Å². The Morgan fingerprint density at radius 3 is 2.47 bits per heavy atom. The highest BCUT2D eigenvalue weighted by Gasteiger charge is 2.48. The second kappa shape index (κ2) is 11.4. The van der Waals surface area contributed by atoms with Gasteiger partial charge in [-0.1, -0.05) is 78.5 Å². The Kier molecular flexibility index (Phi) is 7.93. The van der Waals surface area contributed by atoms with Gasteiger partial charge in [-0.3, -0.25) is 9.59 Å². The van der Waals surface area contributed by atoms with Crippen molar-refractivity contribution in [2.45, 2.75) is 56.2 Å². The summed E-state index contributed by atoms with van der Waals surface area (Å²) in [7, 11) is 0. The van der Waals surface area contributed by atoms with Crippen molar-refractivity contribution in [1.29, 1.82) is 0 Å². The number of nitrogens with one attached hydrogen (secondary N) is 1. The number of carbonyl (C=O) groups excluding carboxylic acids is 2. The van der Waals surface area contributed by atoms with Crippen LogP contribution in [0, 0.1) is 0 Å². The van der Waals surface area contributed by atoms with Crippen LogP contribution in [0.5, 0.6) is 5.75 Å². The monoisotopic (exact) mass is 552 g/mol. The van der Waals surface area contributed by atoms with E-state index in [2.05, 4.69) is 5.32 Å². The summed E-state index contributed by atoms with van der Waals surface area (Å²) in [5.41, 5.74) is 2.41. The van der Waals surface area contributed by atoms with Crippen LogP contribution in [-0.2, 0) is 11.2 Å². The lowest BCUT2D eigenvalue weighted by Crippen LogP contribution is -2.55. The molecule has 6 nitrogen and oxygen atoms in total. The first kappa shape index (κ1) is 26.5. The highest BCUT2D eigenvalue weighted by atomic mass is 35.5. The summed E-state index contributed by atoms with van der Waals surface area (Å²) in [6.07, 6.45) is 2.75. The Balaban J connectivity index is 1.57. The Morgan fingerprint density at radius 2 is 1.71 bits per heavy atom. The maximum absolute atomic E-state index is 14.0. The van der Waals surface area contributed by atoms with E-state index in [9.17, 15) is 19.8 Å². The standard InChI is InChI=1S/C30H30Cl2N2O4/c31-19-13-14-22(23(32)17-19)28-27(29(37)33-16-15-18-7-1-5-11-25(18)35)20-8-2-3-9-21(20)30(38)34(28)24-10-4-6-12-26(24)36/h1-3,5,7-9,11,13-14,17,24,26-28,35-36H,4,6,10,12,15-16H2,(H,33,37)/t24-,26-,27+,28-/m0/s1. The van der Waals surface area contributed by atoms with E-state index in [1.807, 2.05) is 24.3 Å². The Labute approximate surface area is 232 Å². The summed E-state index contributed by atoms with van der Waals surface area (Å²) < 4.78 is 0. The fourth-order valence-electron chi connectivity index (χ4n) is 5.84. The summed E-state index contributed by atoms with van der Waals surface area (Å²) in [4.78, 5) is 29.7. The van der Waals surface area contributed by atoms with Gasteiger partial charge in [-0.15, -0.1) is 0 Å². The number of fused-ring (bicyclic) bond motifs is 1. The SMILES string of the molecule is O=C(NCCc1ccccc1O)[C@@H]1c2ccccc2C(=O)N([C@H]2CCCC[C@@H]2O)[C@H]1c1ccc(Cl)cc1Cl. The normalized spacial score (nSPS) is 23.1. The molecule has 0 aromatic heterocycles. The van der Waals surface area contributed by atoms with Crippen molar-refractivity contribution >= 4 is 35.0 Å². The van der Waals surface area contributed by atoms with Crippen molar-refractivity contribution < 1.29 is 19.8 Å². The molecule has 3 N–H and O–H groups in total. The molecule has 2 aliphatic rings. The maximum Gasteiger partial charge on any atom is 0.255 e. The molecule has 8 heteroatoms. The van der Waals surface area contributed by atoms with Crippen molar-refractivity contribution in [3.63, 3.8) is 0 Å². The first-order chi connectivity index (χ1) is 18.4. The van der Waals surface area contributed by atoms with Crippen molar-refractivity contribution in [1.82, 2.24) is 10.2 Å². The number of amides is 2. The number of rotatable bonds is 6. The van der Waals surface area contributed by atoms with Crippen LogP contribution < -0.4 is 5.32 Å². The van der Waals surface area contributed by atoms with Crippen molar-refractivity contribution in [3.8, 4) is 5.75 Å². The molecule has 0 radical (unpaired) electrons. The average molecular weight is 553 g/mol. The molecule has 2 amide bonds. The van der Waals surface area contributed by atoms with Crippen LogP contribution in [0.25, 0.3) is 0 Å². The Morgan fingerprint density at radius 1 is 0.974 bits per heavy atom. The molecule has 0 unspecified atom stereocenters. The van der Waals surface area contributed by atoms with Gasteiger partial charge in [0.05, 0.1) is 24.1 Å². The highest BCUT2D eigenvalue weighted by molar-refractivity contribution is 6.35. The van der Waals surface area contributed by atoms with Crippen molar-refractivity contribution in [2.24, 2.45) is 0 Å². The number of benzene rings is 3. The fourth-order valence-corrected chi connectivity index (χ4v) is 6.36. The molecule has 1 saturated carbocycles. The van der Waals surface area contributed by atoms with Gasteiger partial charge in [-0.25, -0.2) is 0 Å². The Bertz CT molecular complexity index is 1350.